The van der Waals surface area contributed by atoms with Gasteiger partial charge in [-0.05, 0) is 49.9 Å². The van der Waals surface area contributed by atoms with E-state index in [2.05, 4.69) is 59.2 Å². The zero-order valence-corrected chi connectivity index (χ0v) is 15.5. The normalized spacial score (nSPS) is 18.7. The van der Waals surface area contributed by atoms with Gasteiger partial charge in [0.05, 0.1) is 11.6 Å². The molecule has 24 heavy (non-hydrogen) atoms. The monoisotopic (exact) mass is 348 g/mol. The maximum Gasteiger partial charge on any atom is 0.173 e. The molecule has 3 rings (SSSR count). The van der Waals surface area contributed by atoms with E-state index in [-0.39, 0.29) is 11.6 Å². The van der Waals surface area contributed by atoms with Crippen molar-refractivity contribution in [1.82, 2.24) is 30.0 Å². The van der Waals surface area contributed by atoms with Crippen molar-refractivity contribution in [2.75, 3.05) is 33.2 Å². The highest BCUT2D eigenvalue weighted by atomic mass is 35.5. The molecule has 0 amide bonds. The molecule has 1 unspecified atom stereocenters. The number of hydrogen-bond acceptors (Lipinski definition) is 5. The summed E-state index contributed by atoms with van der Waals surface area (Å²) in [5, 5.41) is 13.3. The van der Waals surface area contributed by atoms with Crippen molar-refractivity contribution >= 4 is 11.6 Å². The third-order valence-corrected chi connectivity index (χ3v) is 4.82. The van der Waals surface area contributed by atoms with Crippen LogP contribution in [0.4, 0.5) is 0 Å². The fourth-order valence-corrected chi connectivity index (χ4v) is 3.36. The van der Waals surface area contributed by atoms with Gasteiger partial charge in [0, 0.05) is 31.2 Å². The molecule has 1 saturated heterocycles. The lowest BCUT2D eigenvalue weighted by molar-refractivity contribution is 0.118. The van der Waals surface area contributed by atoms with Gasteiger partial charge >= 0.3 is 0 Å². The first-order chi connectivity index (χ1) is 11.4. The smallest absolute Gasteiger partial charge is 0.173 e. The van der Waals surface area contributed by atoms with Crippen LogP contribution in [-0.2, 0) is 5.54 Å². The molecule has 1 aromatic carbocycles. The van der Waals surface area contributed by atoms with E-state index in [9.17, 15) is 0 Å². The molecule has 0 spiro atoms. The van der Waals surface area contributed by atoms with Gasteiger partial charge in [-0.25, -0.2) is 4.68 Å². The first-order valence-electron chi connectivity index (χ1n) is 8.33. The lowest BCUT2D eigenvalue weighted by atomic mass is 10.0. The van der Waals surface area contributed by atoms with Gasteiger partial charge in [0.25, 0.3) is 0 Å². The Hall–Kier alpha value is -1.50. The fourth-order valence-electron chi connectivity index (χ4n) is 3.12. The number of halogens is 1. The number of hydrogen-bond donors (Lipinski definition) is 0. The van der Waals surface area contributed by atoms with Crippen molar-refractivity contribution in [1.29, 1.82) is 0 Å². The van der Waals surface area contributed by atoms with Crippen LogP contribution in [0, 0.1) is 0 Å². The Labute approximate surface area is 148 Å². The third-order valence-electron chi connectivity index (χ3n) is 4.48. The summed E-state index contributed by atoms with van der Waals surface area (Å²) < 4.78 is 1.92. The predicted octanol–water partition coefficient (Wildman–Crippen LogP) is 2.42. The van der Waals surface area contributed by atoms with Gasteiger partial charge in [0.2, 0.25) is 0 Å². The van der Waals surface area contributed by atoms with Crippen LogP contribution in [0.25, 0.3) is 0 Å². The Morgan fingerprint density at radius 2 is 1.75 bits per heavy atom. The minimum Gasteiger partial charge on any atom is -0.304 e. The van der Waals surface area contributed by atoms with Gasteiger partial charge in [0.15, 0.2) is 5.82 Å². The number of rotatable bonds is 3. The van der Waals surface area contributed by atoms with Crippen molar-refractivity contribution in [3.8, 4) is 0 Å². The first kappa shape index (κ1) is 17.3. The first-order valence-corrected chi connectivity index (χ1v) is 8.71. The summed E-state index contributed by atoms with van der Waals surface area (Å²) in [7, 11) is 2.15. The molecule has 0 aliphatic carbocycles. The van der Waals surface area contributed by atoms with Crippen molar-refractivity contribution in [3.63, 3.8) is 0 Å². The second kappa shape index (κ2) is 6.78. The van der Waals surface area contributed by atoms with Crippen molar-refractivity contribution < 1.29 is 0 Å². The Morgan fingerprint density at radius 1 is 1.08 bits per heavy atom. The number of tetrazole rings is 1. The SMILES string of the molecule is CN1CCN(C(c2ccccc2Cl)c2nnnn2C(C)(C)C)CC1. The number of nitrogens with zero attached hydrogens (tertiary/aromatic N) is 6. The quantitative estimate of drug-likeness (QED) is 0.852. The van der Waals surface area contributed by atoms with E-state index in [1.54, 1.807) is 0 Å². The molecule has 2 heterocycles. The molecule has 7 heteroatoms. The van der Waals surface area contributed by atoms with Crippen LogP contribution in [0.2, 0.25) is 5.02 Å². The molecule has 1 fully saturated rings. The van der Waals surface area contributed by atoms with E-state index in [1.807, 2.05) is 22.9 Å². The summed E-state index contributed by atoms with van der Waals surface area (Å²) in [4.78, 5) is 4.77. The van der Waals surface area contributed by atoms with E-state index in [0.717, 1.165) is 42.6 Å². The van der Waals surface area contributed by atoms with Gasteiger partial charge in [-0.1, -0.05) is 29.8 Å². The van der Waals surface area contributed by atoms with Crippen LogP contribution in [0.3, 0.4) is 0 Å². The molecule has 0 saturated carbocycles. The van der Waals surface area contributed by atoms with E-state index >= 15 is 0 Å². The maximum absolute atomic E-state index is 6.54. The van der Waals surface area contributed by atoms with E-state index in [1.165, 1.54) is 0 Å². The zero-order chi connectivity index (χ0) is 17.3. The van der Waals surface area contributed by atoms with Crippen LogP contribution in [-0.4, -0.2) is 63.2 Å². The number of aromatic nitrogens is 4. The molecule has 2 aromatic rings. The minimum atomic E-state index is -0.190. The molecule has 130 valence electrons. The Kier molecular flexibility index (Phi) is 4.90. The second-order valence-electron chi connectivity index (χ2n) is 7.38. The van der Waals surface area contributed by atoms with Gasteiger partial charge in [-0.15, -0.1) is 5.10 Å². The largest absolute Gasteiger partial charge is 0.304 e. The highest BCUT2D eigenvalue weighted by Gasteiger charge is 2.33. The summed E-state index contributed by atoms with van der Waals surface area (Å²) in [6, 6.07) is 7.95. The van der Waals surface area contributed by atoms with E-state index < -0.39 is 0 Å². The highest BCUT2D eigenvalue weighted by Crippen LogP contribution is 2.34. The summed E-state index contributed by atoms with van der Waals surface area (Å²) >= 11 is 6.54. The fraction of sp³-hybridized carbons (Fsp3) is 0.588. The van der Waals surface area contributed by atoms with Crippen molar-refractivity contribution in [2.45, 2.75) is 32.4 Å². The van der Waals surface area contributed by atoms with Gasteiger partial charge in [0.1, 0.15) is 0 Å². The molecule has 1 atom stereocenters. The average molecular weight is 349 g/mol. The predicted molar refractivity (Wildman–Crippen MR) is 95.2 cm³/mol. The van der Waals surface area contributed by atoms with Crippen LogP contribution in [0.5, 0.6) is 0 Å². The van der Waals surface area contributed by atoms with E-state index in [0.29, 0.717) is 0 Å². The van der Waals surface area contributed by atoms with Gasteiger partial charge in [-0.2, -0.15) is 0 Å². The average Bonchev–Trinajstić information content (AvgIpc) is 3.01. The molecular weight excluding hydrogens is 324 g/mol. The molecule has 1 aliphatic rings. The maximum atomic E-state index is 6.54. The van der Waals surface area contributed by atoms with Crippen LogP contribution in [0.15, 0.2) is 24.3 Å². The molecule has 1 aromatic heterocycles. The standard InChI is InChI=1S/C17H25ClN6/c1-17(2,3)24-16(19-20-21-24)15(13-7-5-6-8-14(13)18)23-11-9-22(4)10-12-23/h5-8,15H,9-12H2,1-4H3. The molecule has 0 N–H and O–H groups in total. The van der Waals surface area contributed by atoms with Crippen LogP contribution < -0.4 is 0 Å². The van der Waals surface area contributed by atoms with Crippen LogP contribution >= 0.6 is 11.6 Å². The van der Waals surface area contributed by atoms with E-state index in [4.69, 9.17) is 11.6 Å². The lowest BCUT2D eigenvalue weighted by Crippen LogP contribution is -2.47. The van der Waals surface area contributed by atoms with Crippen molar-refractivity contribution in [2.24, 2.45) is 0 Å². The number of benzene rings is 1. The number of piperazine rings is 1. The number of likely N-dealkylation sites (N-methyl/N-ethyl adjacent to an activating group) is 1. The molecule has 1 aliphatic heterocycles. The lowest BCUT2D eigenvalue weighted by Gasteiger charge is -2.38. The Morgan fingerprint density at radius 3 is 2.38 bits per heavy atom. The summed E-state index contributed by atoms with van der Waals surface area (Å²) in [5.74, 6) is 0.847. The molecule has 0 radical (unpaired) electrons. The minimum absolute atomic E-state index is 0.0402. The Balaban J connectivity index is 2.06. The molecular formula is C17H25ClN6. The second-order valence-corrected chi connectivity index (χ2v) is 7.79. The van der Waals surface area contributed by atoms with Gasteiger partial charge < -0.3 is 4.90 Å². The zero-order valence-electron chi connectivity index (χ0n) is 14.8. The molecule has 6 nitrogen and oxygen atoms in total. The summed E-state index contributed by atoms with van der Waals surface area (Å²) in [5.41, 5.74) is 0.870. The topological polar surface area (TPSA) is 50.1 Å². The summed E-state index contributed by atoms with van der Waals surface area (Å²) in [6.45, 7) is 10.3. The third kappa shape index (κ3) is 3.45. The van der Waals surface area contributed by atoms with Crippen molar-refractivity contribution in [3.05, 3.63) is 40.7 Å². The van der Waals surface area contributed by atoms with Crippen LogP contribution in [0.1, 0.15) is 38.2 Å². The Bertz CT molecular complexity index is 684. The summed E-state index contributed by atoms with van der Waals surface area (Å²) in [6.07, 6.45) is 0. The highest BCUT2D eigenvalue weighted by molar-refractivity contribution is 6.31. The van der Waals surface area contributed by atoms with Gasteiger partial charge in [-0.3, -0.25) is 4.90 Å². The molecule has 0 bridgehead atoms.